The summed E-state index contributed by atoms with van der Waals surface area (Å²) in [6.45, 7) is 4.02. The molecule has 0 unspecified atom stereocenters. The molecule has 0 atom stereocenters. The second-order valence-electron chi connectivity index (χ2n) is 5.54. The van der Waals surface area contributed by atoms with Crippen molar-refractivity contribution in [3.63, 3.8) is 0 Å². The number of rotatable bonds is 7. The molecule has 1 amide bonds. The predicted molar refractivity (Wildman–Crippen MR) is 94.6 cm³/mol. The van der Waals surface area contributed by atoms with Crippen molar-refractivity contribution in [1.29, 1.82) is 0 Å². The molecule has 4 nitrogen and oxygen atoms in total. The largest absolute Gasteiger partial charge is 0.489 e. The number of halogens is 2. The summed E-state index contributed by atoms with van der Waals surface area (Å²) in [5, 5.41) is 9.12. The molecule has 2 aromatic carbocycles. The van der Waals surface area contributed by atoms with Gasteiger partial charge in [0.1, 0.15) is 24.0 Å². The Balaban J connectivity index is 2.06. The highest BCUT2D eigenvalue weighted by molar-refractivity contribution is 5.72. The predicted octanol–water partition coefficient (Wildman–Crippen LogP) is 4.17. The standard InChI is InChI=1S/C20H17F2NO3/c1-3-7-23(20(24)25)12-14(2)16-6-4-5-15(8-16)13-26-19-10-17(21)9-18(22)11-19/h1,4-6,8-11H,2,7,12-13H2,(H,24,25). The van der Waals surface area contributed by atoms with Gasteiger partial charge >= 0.3 is 6.09 Å². The number of carbonyl (C=O) groups is 1. The summed E-state index contributed by atoms with van der Waals surface area (Å²) in [5.41, 5.74) is 2.04. The average molecular weight is 357 g/mol. The second kappa shape index (κ2) is 8.67. The van der Waals surface area contributed by atoms with E-state index in [4.69, 9.17) is 16.3 Å². The fourth-order valence-corrected chi connectivity index (χ4v) is 2.28. The first-order valence-electron chi connectivity index (χ1n) is 7.66. The number of hydrogen-bond acceptors (Lipinski definition) is 2. The molecule has 134 valence electrons. The van der Waals surface area contributed by atoms with Gasteiger partial charge in [-0.3, -0.25) is 4.90 Å². The first kappa shape index (κ1) is 19.0. The van der Waals surface area contributed by atoms with Crippen LogP contribution in [-0.2, 0) is 6.61 Å². The molecule has 2 aromatic rings. The van der Waals surface area contributed by atoms with Gasteiger partial charge in [-0.15, -0.1) is 6.42 Å². The van der Waals surface area contributed by atoms with Gasteiger partial charge in [-0.1, -0.05) is 30.7 Å². The van der Waals surface area contributed by atoms with Crippen molar-refractivity contribution in [2.24, 2.45) is 0 Å². The van der Waals surface area contributed by atoms with Gasteiger partial charge in [-0.05, 0) is 22.8 Å². The molecule has 0 heterocycles. The summed E-state index contributed by atoms with van der Waals surface area (Å²) in [5.74, 6) is 0.933. The zero-order valence-electron chi connectivity index (χ0n) is 13.9. The Bertz CT molecular complexity index is 838. The van der Waals surface area contributed by atoms with E-state index in [9.17, 15) is 13.6 Å². The Labute approximate surface area is 150 Å². The van der Waals surface area contributed by atoms with E-state index in [0.29, 0.717) is 5.57 Å². The van der Waals surface area contributed by atoms with Crippen LogP contribution < -0.4 is 4.74 Å². The number of hydrogen-bond donors (Lipinski definition) is 1. The van der Waals surface area contributed by atoms with Crippen LogP contribution in [0, 0.1) is 24.0 Å². The van der Waals surface area contributed by atoms with Gasteiger partial charge in [0.2, 0.25) is 0 Å². The molecule has 0 saturated heterocycles. The summed E-state index contributed by atoms with van der Waals surface area (Å²) in [7, 11) is 0. The van der Waals surface area contributed by atoms with Crippen molar-refractivity contribution >= 4 is 11.7 Å². The number of nitrogens with zero attached hydrogens (tertiary/aromatic N) is 1. The smallest absolute Gasteiger partial charge is 0.408 e. The molecule has 0 bridgehead atoms. The number of amides is 1. The lowest BCUT2D eigenvalue weighted by atomic mass is 10.0. The Morgan fingerprint density at radius 3 is 2.54 bits per heavy atom. The molecule has 6 heteroatoms. The molecule has 0 fully saturated rings. The van der Waals surface area contributed by atoms with Crippen molar-refractivity contribution in [3.8, 4) is 18.1 Å². The van der Waals surface area contributed by atoms with Crippen LogP contribution in [0.1, 0.15) is 11.1 Å². The third-order valence-corrected chi connectivity index (χ3v) is 3.51. The normalized spacial score (nSPS) is 10.0. The van der Waals surface area contributed by atoms with Gasteiger partial charge in [-0.2, -0.15) is 0 Å². The van der Waals surface area contributed by atoms with E-state index in [1.165, 1.54) is 0 Å². The Morgan fingerprint density at radius 2 is 1.92 bits per heavy atom. The highest BCUT2D eigenvalue weighted by atomic mass is 19.1. The number of benzene rings is 2. The van der Waals surface area contributed by atoms with Crippen LogP contribution in [-0.4, -0.2) is 29.2 Å². The lowest BCUT2D eigenvalue weighted by Gasteiger charge is -2.18. The summed E-state index contributed by atoms with van der Waals surface area (Å²) < 4.78 is 31.8. The van der Waals surface area contributed by atoms with E-state index in [1.807, 2.05) is 0 Å². The van der Waals surface area contributed by atoms with Crippen LogP contribution in [0.25, 0.3) is 5.57 Å². The molecule has 1 N–H and O–H groups in total. The van der Waals surface area contributed by atoms with Crippen molar-refractivity contribution in [3.05, 3.63) is 71.8 Å². The van der Waals surface area contributed by atoms with Crippen LogP contribution in [0.2, 0.25) is 0 Å². The molecule has 0 spiro atoms. The average Bonchev–Trinajstić information content (AvgIpc) is 2.59. The number of terminal acetylenes is 1. The third kappa shape index (κ3) is 5.35. The SMILES string of the molecule is C#CCN(CC(=C)c1cccc(COc2cc(F)cc(F)c2)c1)C(=O)O. The van der Waals surface area contributed by atoms with Crippen molar-refractivity contribution in [2.75, 3.05) is 13.1 Å². The van der Waals surface area contributed by atoms with Crippen LogP contribution in [0.3, 0.4) is 0 Å². The van der Waals surface area contributed by atoms with Crippen LogP contribution >= 0.6 is 0 Å². The van der Waals surface area contributed by atoms with Crippen molar-refractivity contribution < 1.29 is 23.4 Å². The summed E-state index contributed by atoms with van der Waals surface area (Å²) >= 11 is 0. The maximum atomic E-state index is 13.2. The lowest BCUT2D eigenvalue weighted by Crippen LogP contribution is -2.31. The number of carboxylic acid groups (broad SMARTS) is 1. The van der Waals surface area contributed by atoms with E-state index in [1.54, 1.807) is 24.3 Å². The highest BCUT2D eigenvalue weighted by Gasteiger charge is 2.13. The van der Waals surface area contributed by atoms with Gasteiger partial charge in [0, 0.05) is 24.7 Å². The first-order valence-corrected chi connectivity index (χ1v) is 7.66. The van der Waals surface area contributed by atoms with E-state index in [0.717, 1.165) is 34.2 Å². The molecule has 0 aliphatic carbocycles. The van der Waals surface area contributed by atoms with Gasteiger partial charge in [0.25, 0.3) is 0 Å². The Hall–Kier alpha value is -3.33. The molecular formula is C20H17F2NO3. The van der Waals surface area contributed by atoms with E-state index < -0.39 is 17.7 Å². The molecule has 0 aromatic heterocycles. The van der Waals surface area contributed by atoms with Gasteiger partial charge < -0.3 is 9.84 Å². The second-order valence-corrected chi connectivity index (χ2v) is 5.54. The zero-order valence-corrected chi connectivity index (χ0v) is 13.9. The summed E-state index contributed by atoms with van der Waals surface area (Å²) in [4.78, 5) is 12.2. The van der Waals surface area contributed by atoms with Crippen molar-refractivity contribution in [1.82, 2.24) is 4.90 Å². The van der Waals surface area contributed by atoms with Crippen LogP contribution in [0.15, 0.2) is 49.0 Å². The molecule has 0 radical (unpaired) electrons. The van der Waals surface area contributed by atoms with Crippen LogP contribution in [0.4, 0.5) is 13.6 Å². The first-order chi connectivity index (χ1) is 12.4. The molecule has 26 heavy (non-hydrogen) atoms. The fraction of sp³-hybridized carbons (Fsp3) is 0.150. The summed E-state index contributed by atoms with van der Waals surface area (Å²) in [6.07, 6.45) is 4.04. The Morgan fingerprint density at radius 1 is 1.23 bits per heavy atom. The molecule has 0 saturated carbocycles. The zero-order chi connectivity index (χ0) is 19.1. The molecule has 0 aliphatic heterocycles. The van der Waals surface area contributed by atoms with E-state index in [-0.39, 0.29) is 25.4 Å². The fourth-order valence-electron chi connectivity index (χ4n) is 2.28. The minimum atomic E-state index is -1.13. The molecule has 2 rings (SSSR count). The quantitative estimate of drug-likeness (QED) is 0.757. The van der Waals surface area contributed by atoms with Gasteiger partial charge in [-0.25, -0.2) is 13.6 Å². The minimum absolute atomic E-state index is 0.0394. The van der Waals surface area contributed by atoms with Gasteiger partial charge in [0.05, 0.1) is 6.54 Å². The highest BCUT2D eigenvalue weighted by Crippen LogP contribution is 2.19. The summed E-state index contributed by atoms with van der Waals surface area (Å²) in [6, 6.07) is 10.0. The monoisotopic (exact) mass is 357 g/mol. The lowest BCUT2D eigenvalue weighted by molar-refractivity contribution is 0.156. The van der Waals surface area contributed by atoms with Crippen LogP contribution in [0.5, 0.6) is 5.75 Å². The third-order valence-electron chi connectivity index (χ3n) is 3.51. The molecular weight excluding hydrogens is 340 g/mol. The minimum Gasteiger partial charge on any atom is -0.489 e. The van der Waals surface area contributed by atoms with E-state index in [2.05, 4.69) is 12.5 Å². The van der Waals surface area contributed by atoms with Gasteiger partial charge in [0.15, 0.2) is 0 Å². The maximum absolute atomic E-state index is 13.2. The molecule has 0 aliphatic rings. The topological polar surface area (TPSA) is 49.8 Å². The Kier molecular flexibility index (Phi) is 6.34. The number of ether oxygens (including phenoxy) is 1. The maximum Gasteiger partial charge on any atom is 0.408 e. The van der Waals surface area contributed by atoms with Crippen molar-refractivity contribution in [2.45, 2.75) is 6.61 Å². The van der Waals surface area contributed by atoms with E-state index >= 15 is 0 Å².